The van der Waals surface area contributed by atoms with E-state index in [1.165, 1.54) is 0 Å². The number of methoxy groups -OCH3 is 1. The Bertz CT molecular complexity index is 457. The number of nitrogens with zero attached hydrogens (tertiary/aromatic N) is 1. The van der Waals surface area contributed by atoms with Gasteiger partial charge in [0.25, 0.3) is 0 Å². The molecule has 0 bridgehead atoms. The molecule has 0 saturated heterocycles. The number of hydrogen-bond acceptors (Lipinski definition) is 2. The van der Waals surface area contributed by atoms with Crippen LogP contribution in [0.4, 0.5) is 0 Å². The van der Waals surface area contributed by atoms with E-state index in [2.05, 4.69) is 6.92 Å². The van der Waals surface area contributed by atoms with Crippen LogP contribution in [0.1, 0.15) is 25.8 Å². The molecule has 3 nitrogen and oxygen atoms in total. The van der Waals surface area contributed by atoms with Gasteiger partial charge in [-0.05, 0) is 24.5 Å². The van der Waals surface area contributed by atoms with Crippen molar-refractivity contribution in [2.45, 2.75) is 20.3 Å². The Labute approximate surface area is 126 Å². The highest BCUT2D eigenvalue weighted by molar-refractivity contribution is 6.27. The Morgan fingerprint density at radius 3 is 2.45 bits per heavy atom. The lowest BCUT2D eigenvalue weighted by atomic mass is 10.0. The van der Waals surface area contributed by atoms with Crippen molar-refractivity contribution in [1.82, 2.24) is 4.90 Å². The maximum Gasteiger partial charge on any atom is 0.242 e. The predicted molar refractivity (Wildman–Crippen MR) is 83.6 cm³/mol. The Kier molecular flexibility index (Phi) is 7.34. The smallest absolute Gasteiger partial charge is 0.242 e. The molecule has 0 aliphatic rings. The Hall–Kier alpha value is -1.32. The van der Waals surface area contributed by atoms with Crippen LogP contribution in [0.15, 0.2) is 35.9 Å². The second-order valence-corrected chi connectivity index (χ2v) is 4.79. The minimum atomic E-state index is -0.102. The fourth-order valence-electron chi connectivity index (χ4n) is 2.01. The first-order chi connectivity index (χ1) is 9.65. The summed E-state index contributed by atoms with van der Waals surface area (Å²) in [5.74, 6) is -0.132. The number of carbonyl (C=O) groups is 1. The van der Waals surface area contributed by atoms with Gasteiger partial charge in [-0.2, -0.15) is 0 Å². The first-order valence-corrected chi connectivity index (χ1v) is 7.29. The summed E-state index contributed by atoms with van der Waals surface area (Å²) in [5.41, 5.74) is 3.13. The molecule has 0 aliphatic carbocycles. The van der Waals surface area contributed by atoms with Crippen LogP contribution < -0.4 is 0 Å². The zero-order valence-electron chi connectivity index (χ0n) is 12.4. The maximum absolute atomic E-state index is 12.2. The van der Waals surface area contributed by atoms with Crippen LogP contribution in [0.3, 0.4) is 0 Å². The summed E-state index contributed by atoms with van der Waals surface area (Å²) >= 11 is 5.75. The third-order valence-corrected chi connectivity index (χ3v) is 3.41. The van der Waals surface area contributed by atoms with E-state index in [-0.39, 0.29) is 11.8 Å². The summed E-state index contributed by atoms with van der Waals surface area (Å²) in [6.45, 7) is 5.11. The highest BCUT2D eigenvalue weighted by Gasteiger charge is 2.20. The summed E-state index contributed by atoms with van der Waals surface area (Å²) in [6.07, 6.45) is 0.878. The first kappa shape index (κ1) is 16.7. The zero-order valence-corrected chi connectivity index (χ0v) is 13.1. The van der Waals surface area contributed by atoms with E-state index in [4.69, 9.17) is 16.3 Å². The van der Waals surface area contributed by atoms with Gasteiger partial charge in [-0.15, -0.1) is 11.6 Å². The van der Waals surface area contributed by atoms with Crippen LogP contribution >= 0.6 is 11.6 Å². The van der Waals surface area contributed by atoms with E-state index < -0.39 is 0 Å². The lowest BCUT2D eigenvalue weighted by Crippen LogP contribution is -2.34. The maximum atomic E-state index is 12.2. The van der Waals surface area contributed by atoms with Crippen molar-refractivity contribution in [1.29, 1.82) is 0 Å². The van der Waals surface area contributed by atoms with Crippen molar-refractivity contribution in [2.75, 3.05) is 26.1 Å². The van der Waals surface area contributed by atoms with Crippen LogP contribution in [-0.2, 0) is 9.53 Å². The molecule has 0 atom stereocenters. The molecule has 1 rings (SSSR count). The monoisotopic (exact) mass is 295 g/mol. The lowest BCUT2D eigenvalue weighted by molar-refractivity contribution is -0.125. The highest BCUT2D eigenvalue weighted by atomic mass is 35.5. The number of amides is 1. The Morgan fingerprint density at radius 1 is 1.30 bits per heavy atom. The molecule has 110 valence electrons. The van der Waals surface area contributed by atoms with Crippen LogP contribution in [0, 0.1) is 0 Å². The average molecular weight is 296 g/mol. The zero-order chi connectivity index (χ0) is 15.0. The van der Waals surface area contributed by atoms with Gasteiger partial charge in [-0.3, -0.25) is 4.79 Å². The van der Waals surface area contributed by atoms with Gasteiger partial charge >= 0.3 is 0 Å². The largest absolute Gasteiger partial charge is 0.383 e. The van der Waals surface area contributed by atoms with Crippen LogP contribution in [-0.4, -0.2) is 36.9 Å². The summed E-state index contributed by atoms with van der Waals surface area (Å²) in [6, 6.07) is 9.92. The average Bonchev–Trinajstić information content (AvgIpc) is 2.50. The summed E-state index contributed by atoms with van der Waals surface area (Å²) in [5, 5.41) is 0. The van der Waals surface area contributed by atoms with E-state index in [9.17, 15) is 4.79 Å². The standard InChI is InChI=1S/C16H22ClNO2/c1-4-13(2)16(14-8-6-5-7-9-14)18(10-11-20-3)15(19)12-17/h5-9H,4,10-12H2,1-3H3. The summed E-state index contributed by atoms with van der Waals surface area (Å²) < 4.78 is 5.11. The van der Waals surface area contributed by atoms with E-state index in [1.807, 2.05) is 37.3 Å². The SMILES string of the molecule is CCC(C)=C(c1ccccc1)N(CCOC)C(=O)CCl. The molecule has 0 radical (unpaired) electrons. The molecular weight excluding hydrogens is 274 g/mol. The van der Waals surface area contributed by atoms with E-state index in [0.717, 1.165) is 23.3 Å². The van der Waals surface area contributed by atoms with Gasteiger partial charge in [0.2, 0.25) is 5.91 Å². The summed E-state index contributed by atoms with van der Waals surface area (Å²) in [7, 11) is 1.63. The van der Waals surface area contributed by atoms with Crippen LogP contribution in [0.25, 0.3) is 5.70 Å². The number of hydrogen-bond donors (Lipinski definition) is 0. The third kappa shape index (κ3) is 4.36. The predicted octanol–water partition coefficient (Wildman–Crippen LogP) is 3.54. The number of benzene rings is 1. The molecule has 0 aromatic heterocycles. The molecule has 0 unspecified atom stereocenters. The normalized spacial score (nSPS) is 12.0. The minimum Gasteiger partial charge on any atom is -0.383 e. The number of halogens is 1. The van der Waals surface area contributed by atoms with Gasteiger partial charge in [0.1, 0.15) is 5.88 Å². The van der Waals surface area contributed by atoms with Crippen LogP contribution in [0.5, 0.6) is 0 Å². The molecule has 0 fully saturated rings. The number of allylic oxidation sites excluding steroid dienone is 1. The van der Waals surface area contributed by atoms with Gasteiger partial charge < -0.3 is 9.64 Å². The Balaban J connectivity index is 3.23. The van der Waals surface area contributed by atoms with Crippen molar-refractivity contribution >= 4 is 23.2 Å². The molecule has 1 amide bonds. The van der Waals surface area contributed by atoms with Crippen molar-refractivity contribution < 1.29 is 9.53 Å². The molecule has 20 heavy (non-hydrogen) atoms. The van der Waals surface area contributed by atoms with Crippen molar-refractivity contribution in [2.24, 2.45) is 0 Å². The number of alkyl halides is 1. The molecule has 1 aromatic carbocycles. The van der Waals surface area contributed by atoms with Crippen molar-refractivity contribution in [3.63, 3.8) is 0 Å². The molecule has 0 saturated carbocycles. The molecular formula is C16H22ClNO2. The fraction of sp³-hybridized carbons (Fsp3) is 0.438. The lowest BCUT2D eigenvalue weighted by Gasteiger charge is -2.27. The fourth-order valence-corrected chi connectivity index (χ4v) is 2.16. The van der Waals surface area contributed by atoms with Crippen LogP contribution in [0.2, 0.25) is 0 Å². The molecule has 0 spiro atoms. The van der Waals surface area contributed by atoms with E-state index >= 15 is 0 Å². The van der Waals surface area contributed by atoms with Gasteiger partial charge in [0.05, 0.1) is 6.61 Å². The Morgan fingerprint density at radius 2 is 1.95 bits per heavy atom. The van der Waals surface area contributed by atoms with E-state index in [1.54, 1.807) is 12.0 Å². The second-order valence-electron chi connectivity index (χ2n) is 4.52. The third-order valence-electron chi connectivity index (χ3n) is 3.19. The van der Waals surface area contributed by atoms with Gasteiger partial charge in [-0.1, -0.05) is 37.3 Å². The number of carbonyl (C=O) groups excluding carboxylic acids is 1. The van der Waals surface area contributed by atoms with Gasteiger partial charge in [0, 0.05) is 19.4 Å². The number of rotatable bonds is 7. The van der Waals surface area contributed by atoms with Gasteiger partial charge in [0.15, 0.2) is 0 Å². The molecule has 0 N–H and O–H groups in total. The molecule has 0 heterocycles. The number of ether oxygens (including phenoxy) is 1. The van der Waals surface area contributed by atoms with E-state index in [0.29, 0.717) is 13.2 Å². The minimum absolute atomic E-state index is 0.0307. The van der Waals surface area contributed by atoms with Crippen molar-refractivity contribution in [3.05, 3.63) is 41.5 Å². The molecule has 0 aliphatic heterocycles. The molecule has 1 aromatic rings. The summed E-state index contributed by atoms with van der Waals surface area (Å²) in [4.78, 5) is 13.9. The topological polar surface area (TPSA) is 29.5 Å². The second kappa shape index (κ2) is 8.77. The molecule has 4 heteroatoms. The first-order valence-electron chi connectivity index (χ1n) is 6.76. The quantitative estimate of drug-likeness (QED) is 0.720. The highest BCUT2D eigenvalue weighted by Crippen LogP contribution is 2.25. The van der Waals surface area contributed by atoms with Gasteiger partial charge in [-0.25, -0.2) is 0 Å². The van der Waals surface area contributed by atoms with Crippen molar-refractivity contribution in [3.8, 4) is 0 Å².